The van der Waals surface area contributed by atoms with Crippen LogP contribution >= 0.6 is 0 Å². The molecule has 1 fully saturated rings. The highest BCUT2D eigenvalue weighted by atomic mass is 16.5. The summed E-state index contributed by atoms with van der Waals surface area (Å²) in [6.45, 7) is 14.2. The highest BCUT2D eigenvalue weighted by Gasteiger charge is 2.28. The minimum absolute atomic E-state index is 0.442. The number of nitrogens with one attached hydrogen (secondary N) is 1. The van der Waals surface area contributed by atoms with Crippen LogP contribution in [-0.2, 0) is 13.1 Å². The number of hydrogen-bond acceptors (Lipinski definition) is 4. The first-order valence-corrected chi connectivity index (χ1v) is 7.86. The molecule has 20 heavy (non-hydrogen) atoms. The van der Waals surface area contributed by atoms with Gasteiger partial charge in [0.2, 0.25) is 0 Å². The van der Waals surface area contributed by atoms with E-state index in [0.29, 0.717) is 5.41 Å². The second-order valence-corrected chi connectivity index (χ2v) is 6.98. The summed E-state index contributed by atoms with van der Waals surface area (Å²) < 4.78 is 5.43. The fourth-order valence-electron chi connectivity index (χ4n) is 2.94. The predicted octanol–water partition coefficient (Wildman–Crippen LogP) is 3.04. The number of likely N-dealkylation sites (tertiary alicyclic amines) is 1. The van der Waals surface area contributed by atoms with Gasteiger partial charge in [0, 0.05) is 12.6 Å². The van der Waals surface area contributed by atoms with Crippen LogP contribution in [0.3, 0.4) is 0 Å². The van der Waals surface area contributed by atoms with Gasteiger partial charge in [-0.3, -0.25) is 4.90 Å². The molecule has 1 N–H and O–H groups in total. The number of aromatic nitrogens is 1. The van der Waals surface area contributed by atoms with Crippen LogP contribution < -0.4 is 5.32 Å². The van der Waals surface area contributed by atoms with Gasteiger partial charge in [-0.1, -0.05) is 32.9 Å². The maximum atomic E-state index is 5.43. The van der Waals surface area contributed by atoms with Crippen LogP contribution in [0.2, 0.25) is 0 Å². The van der Waals surface area contributed by atoms with Crippen molar-refractivity contribution in [1.82, 2.24) is 15.4 Å². The van der Waals surface area contributed by atoms with Crippen LogP contribution in [0.15, 0.2) is 10.6 Å². The highest BCUT2D eigenvalue weighted by molar-refractivity contribution is 5.05. The SMILES string of the molecule is CCNCc1cc(CN2CCC(C(C)(C)C)CC2)on1. The third-order valence-electron chi connectivity index (χ3n) is 4.36. The van der Waals surface area contributed by atoms with Gasteiger partial charge in [0.1, 0.15) is 0 Å². The largest absolute Gasteiger partial charge is 0.360 e. The van der Waals surface area contributed by atoms with E-state index in [1.807, 2.05) is 0 Å². The van der Waals surface area contributed by atoms with E-state index in [0.717, 1.165) is 37.0 Å². The molecule has 0 atom stereocenters. The number of rotatable bonds is 5. The van der Waals surface area contributed by atoms with E-state index in [2.05, 4.69) is 49.1 Å². The predicted molar refractivity (Wildman–Crippen MR) is 81.3 cm³/mol. The summed E-state index contributed by atoms with van der Waals surface area (Å²) in [5.74, 6) is 1.84. The van der Waals surface area contributed by atoms with Gasteiger partial charge in [-0.25, -0.2) is 0 Å². The summed E-state index contributed by atoms with van der Waals surface area (Å²) in [5, 5.41) is 7.38. The molecule has 4 nitrogen and oxygen atoms in total. The summed E-state index contributed by atoms with van der Waals surface area (Å²) in [7, 11) is 0. The molecule has 2 rings (SSSR count). The minimum Gasteiger partial charge on any atom is -0.360 e. The van der Waals surface area contributed by atoms with Gasteiger partial charge in [0.15, 0.2) is 5.76 Å². The molecule has 0 spiro atoms. The zero-order chi connectivity index (χ0) is 14.6. The van der Waals surface area contributed by atoms with Crippen molar-refractivity contribution in [2.24, 2.45) is 11.3 Å². The normalized spacial score (nSPS) is 18.6. The molecule has 4 heteroatoms. The van der Waals surface area contributed by atoms with Gasteiger partial charge >= 0.3 is 0 Å². The van der Waals surface area contributed by atoms with Crippen molar-refractivity contribution in [2.75, 3.05) is 19.6 Å². The molecule has 0 saturated carbocycles. The molecule has 0 radical (unpaired) electrons. The summed E-state index contributed by atoms with van der Waals surface area (Å²) >= 11 is 0. The number of nitrogens with zero attached hydrogens (tertiary/aromatic N) is 2. The number of piperidine rings is 1. The van der Waals surface area contributed by atoms with Crippen LogP contribution in [0, 0.1) is 11.3 Å². The van der Waals surface area contributed by atoms with E-state index >= 15 is 0 Å². The first-order valence-electron chi connectivity index (χ1n) is 7.86. The second kappa shape index (κ2) is 6.72. The van der Waals surface area contributed by atoms with Gasteiger partial charge < -0.3 is 9.84 Å². The lowest BCUT2D eigenvalue weighted by Crippen LogP contribution is -2.37. The minimum atomic E-state index is 0.442. The third-order valence-corrected chi connectivity index (χ3v) is 4.36. The van der Waals surface area contributed by atoms with Gasteiger partial charge in [-0.2, -0.15) is 0 Å². The third kappa shape index (κ3) is 4.32. The molecule has 1 aliphatic rings. The van der Waals surface area contributed by atoms with Crippen molar-refractivity contribution in [3.05, 3.63) is 17.5 Å². The second-order valence-electron chi connectivity index (χ2n) is 6.98. The highest BCUT2D eigenvalue weighted by Crippen LogP contribution is 2.34. The average molecular weight is 279 g/mol. The van der Waals surface area contributed by atoms with Crippen molar-refractivity contribution >= 4 is 0 Å². The lowest BCUT2D eigenvalue weighted by atomic mass is 9.75. The molecular weight excluding hydrogens is 250 g/mol. The Morgan fingerprint density at radius 1 is 1.35 bits per heavy atom. The molecule has 1 aromatic heterocycles. The summed E-state index contributed by atoms with van der Waals surface area (Å²) in [6.07, 6.45) is 2.59. The Labute approximate surface area is 122 Å². The van der Waals surface area contributed by atoms with Gasteiger partial charge in [0.05, 0.1) is 12.2 Å². The van der Waals surface area contributed by atoms with E-state index < -0.39 is 0 Å². The number of hydrogen-bond donors (Lipinski definition) is 1. The molecule has 0 unspecified atom stereocenters. The summed E-state index contributed by atoms with van der Waals surface area (Å²) in [6, 6.07) is 2.08. The molecule has 0 bridgehead atoms. The van der Waals surface area contributed by atoms with E-state index in [4.69, 9.17) is 4.52 Å². The Morgan fingerprint density at radius 3 is 2.65 bits per heavy atom. The standard InChI is InChI=1S/C16H29N3O/c1-5-17-11-14-10-15(20-18-14)12-19-8-6-13(7-9-19)16(2,3)4/h10,13,17H,5-9,11-12H2,1-4H3. The van der Waals surface area contributed by atoms with Crippen molar-refractivity contribution in [3.8, 4) is 0 Å². The lowest BCUT2D eigenvalue weighted by molar-refractivity contribution is 0.101. The zero-order valence-corrected chi connectivity index (χ0v) is 13.4. The lowest BCUT2D eigenvalue weighted by Gasteiger charge is -2.38. The molecule has 0 aliphatic carbocycles. The summed E-state index contributed by atoms with van der Waals surface area (Å²) in [4.78, 5) is 2.49. The maximum absolute atomic E-state index is 5.43. The Bertz CT molecular complexity index is 400. The van der Waals surface area contributed by atoms with E-state index in [9.17, 15) is 0 Å². The Hall–Kier alpha value is -0.870. The molecule has 0 amide bonds. The first-order chi connectivity index (χ1) is 9.49. The monoisotopic (exact) mass is 279 g/mol. The van der Waals surface area contributed by atoms with E-state index in [-0.39, 0.29) is 0 Å². The fourth-order valence-corrected chi connectivity index (χ4v) is 2.94. The Balaban J connectivity index is 1.79. The Kier molecular flexibility index (Phi) is 5.22. The molecule has 1 aromatic rings. The molecule has 1 aliphatic heterocycles. The topological polar surface area (TPSA) is 41.3 Å². The van der Waals surface area contributed by atoms with E-state index in [1.165, 1.54) is 25.9 Å². The molecule has 1 saturated heterocycles. The summed E-state index contributed by atoms with van der Waals surface area (Å²) in [5.41, 5.74) is 1.45. The quantitative estimate of drug-likeness (QED) is 0.899. The van der Waals surface area contributed by atoms with Gasteiger partial charge in [-0.15, -0.1) is 0 Å². The van der Waals surface area contributed by atoms with Crippen LogP contribution in [0.25, 0.3) is 0 Å². The Morgan fingerprint density at radius 2 is 2.05 bits per heavy atom. The van der Waals surface area contributed by atoms with Gasteiger partial charge in [0.25, 0.3) is 0 Å². The zero-order valence-electron chi connectivity index (χ0n) is 13.4. The van der Waals surface area contributed by atoms with E-state index in [1.54, 1.807) is 0 Å². The van der Waals surface area contributed by atoms with Gasteiger partial charge in [-0.05, 0) is 43.8 Å². The first kappa shape index (κ1) is 15.5. The smallest absolute Gasteiger partial charge is 0.151 e. The van der Waals surface area contributed by atoms with Crippen LogP contribution in [0.1, 0.15) is 52.0 Å². The van der Waals surface area contributed by atoms with Crippen LogP contribution in [-0.4, -0.2) is 29.7 Å². The molecule has 114 valence electrons. The van der Waals surface area contributed by atoms with Crippen molar-refractivity contribution in [1.29, 1.82) is 0 Å². The van der Waals surface area contributed by atoms with Crippen molar-refractivity contribution in [3.63, 3.8) is 0 Å². The average Bonchev–Trinajstić information content (AvgIpc) is 2.83. The fraction of sp³-hybridized carbons (Fsp3) is 0.812. The van der Waals surface area contributed by atoms with Crippen molar-refractivity contribution < 1.29 is 4.52 Å². The maximum Gasteiger partial charge on any atom is 0.151 e. The molecule has 0 aromatic carbocycles. The van der Waals surface area contributed by atoms with Crippen molar-refractivity contribution in [2.45, 2.75) is 53.6 Å². The van der Waals surface area contributed by atoms with Crippen LogP contribution in [0.5, 0.6) is 0 Å². The molecular formula is C16H29N3O. The molecule has 2 heterocycles. The van der Waals surface area contributed by atoms with Crippen LogP contribution in [0.4, 0.5) is 0 Å².